The van der Waals surface area contributed by atoms with E-state index >= 15 is 0 Å². The van der Waals surface area contributed by atoms with Gasteiger partial charge >= 0.3 is 0 Å². The zero-order chi connectivity index (χ0) is 16.8. The smallest absolute Gasteiger partial charge is 0.220 e. The van der Waals surface area contributed by atoms with Gasteiger partial charge in [0.15, 0.2) is 0 Å². The second-order valence-electron chi connectivity index (χ2n) is 5.64. The summed E-state index contributed by atoms with van der Waals surface area (Å²) in [5.41, 5.74) is 3.19. The summed E-state index contributed by atoms with van der Waals surface area (Å²) in [6.07, 6.45) is 4.99. The number of rotatable bonds is 7. The SMILES string of the molecule is Cc1cccnc1[C@@H](Cc1ccsc1)NC(=O)CCc1ccno1. The van der Waals surface area contributed by atoms with Crippen LogP contribution in [0, 0.1) is 6.92 Å². The molecule has 0 aliphatic rings. The fourth-order valence-electron chi connectivity index (χ4n) is 2.60. The number of aryl methyl sites for hydroxylation is 2. The normalized spacial score (nSPS) is 12.0. The molecule has 0 spiro atoms. The Morgan fingerprint density at radius 1 is 1.33 bits per heavy atom. The number of aromatic nitrogens is 2. The summed E-state index contributed by atoms with van der Waals surface area (Å²) in [6.45, 7) is 2.02. The third-order valence-corrected chi connectivity index (χ3v) is 4.56. The molecule has 0 fully saturated rings. The predicted molar refractivity (Wildman–Crippen MR) is 92.7 cm³/mol. The van der Waals surface area contributed by atoms with Crippen LogP contribution in [0.2, 0.25) is 0 Å². The van der Waals surface area contributed by atoms with Gasteiger partial charge < -0.3 is 9.84 Å². The molecule has 0 unspecified atom stereocenters. The highest BCUT2D eigenvalue weighted by Gasteiger charge is 2.19. The van der Waals surface area contributed by atoms with Crippen LogP contribution in [-0.2, 0) is 17.6 Å². The molecular weight excluding hydrogens is 322 g/mol. The van der Waals surface area contributed by atoms with Gasteiger partial charge in [-0.25, -0.2) is 0 Å². The zero-order valence-corrected chi connectivity index (χ0v) is 14.3. The molecule has 24 heavy (non-hydrogen) atoms. The van der Waals surface area contributed by atoms with Gasteiger partial charge in [0.1, 0.15) is 5.76 Å². The first-order valence-electron chi connectivity index (χ1n) is 7.84. The lowest BCUT2D eigenvalue weighted by atomic mass is 10.0. The molecule has 1 amide bonds. The summed E-state index contributed by atoms with van der Waals surface area (Å²) in [5.74, 6) is 0.699. The lowest BCUT2D eigenvalue weighted by Crippen LogP contribution is -2.31. The number of hydrogen-bond acceptors (Lipinski definition) is 5. The summed E-state index contributed by atoms with van der Waals surface area (Å²) in [4.78, 5) is 16.8. The van der Waals surface area contributed by atoms with Gasteiger partial charge in [0, 0.05) is 25.1 Å². The maximum Gasteiger partial charge on any atom is 0.220 e. The first-order chi connectivity index (χ1) is 11.7. The number of nitrogens with one attached hydrogen (secondary N) is 1. The van der Waals surface area contributed by atoms with E-state index in [1.54, 1.807) is 29.8 Å². The van der Waals surface area contributed by atoms with Crippen molar-refractivity contribution in [3.63, 3.8) is 0 Å². The van der Waals surface area contributed by atoms with E-state index in [0.717, 1.165) is 17.7 Å². The van der Waals surface area contributed by atoms with Crippen molar-refractivity contribution in [3.05, 3.63) is 70.0 Å². The first kappa shape index (κ1) is 16.4. The molecule has 0 aliphatic carbocycles. The summed E-state index contributed by atoms with van der Waals surface area (Å²) in [7, 11) is 0. The standard InChI is InChI=1S/C18H19N3O2S/c1-13-3-2-8-19-18(13)16(11-14-7-10-24-12-14)21-17(22)5-4-15-6-9-20-23-15/h2-3,6-10,12,16H,4-5,11H2,1H3,(H,21,22)/t16-/m1/s1. The molecule has 0 aromatic carbocycles. The van der Waals surface area contributed by atoms with E-state index in [2.05, 4.69) is 26.9 Å². The second kappa shape index (κ2) is 7.88. The Balaban J connectivity index is 1.69. The van der Waals surface area contributed by atoms with Gasteiger partial charge in [-0.1, -0.05) is 11.2 Å². The molecule has 0 aliphatic heterocycles. The Kier molecular flexibility index (Phi) is 5.38. The average Bonchev–Trinajstić information content (AvgIpc) is 3.26. The van der Waals surface area contributed by atoms with E-state index in [0.29, 0.717) is 18.6 Å². The van der Waals surface area contributed by atoms with Crippen molar-refractivity contribution in [1.82, 2.24) is 15.5 Å². The minimum atomic E-state index is -0.136. The van der Waals surface area contributed by atoms with Crippen LogP contribution in [0.25, 0.3) is 0 Å². The minimum absolute atomic E-state index is 0.0170. The summed E-state index contributed by atoms with van der Waals surface area (Å²) in [6, 6.07) is 7.65. The maximum atomic E-state index is 12.4. The summed E-state index contributed by atoms with van der Waals surface area (Å²) < 4.78 is 5.04. The van der Waals surface area contributed by atoms with Crippen LogP contribution in [0.1, 0.15) is 35.0 Å². The highest BCUT2D eigenvalue weighted by Crippen LogP contribution is 2.21. The largest absolute Gasteiger partial charge is 0.361 e. The van der Waals surface area contributed by atoms with Gasteiger partial charge in [-0.05, 0) is 47.4 Å². The van der Waals surface area contributed by atoms with Crippen molar-refractivity contribution in [1.29, 1.82) is 0 Å². The number of hydrogen-bond donors (Lipinski definition) is 1. The maximum absolute atomic E-state index is 12.4. The monoisotopic (exact) mass is 341 g/mol. The van der Waals surface area contributed by atoms with Crippen molar-refractivity contribution in [2.24, 2.45) is 0 Å². The van der Waals surface area contributed by atoms with E-state index in [1.807, 2.05) is 24.4 Å². The number of pyridine rings is 1. The van der Waals surface area contributed by atoms with Crippen LogP contribution < -0.4 is 5.32 Å². The van der Waals surface area contributed by atoms with Crippen molar-refractivity contribution in [2.45, 2.75) is 32.2 Å². The van der Waals surface area contributed by atoms with Crippen LogP contribution >= 0.6 is 11.3 Å². The lowest BCUT2D eigenvalue weighted by molar-refractivity contribution is -0.121. The zero-order valence-electron chi connectivity index (χ0n) is 13.4. The quantitative estimate of drug-likeness (QED) is 0.714. The molecule has 3 rings (SSSR count). The molecule has 0 saturated heterocycles. The number of nitrogens with zero attached hydrogens (tertiary/aromatic N) is 2. The molecule has 1 atom stereocenters. The van der Waals surface area contributed by atoms with Crippen molar-refractivity contribution < 1.29 is 9.32 Å². The van der Waals surface area contributed by atoms with Gasteiger partial charge in [0.2, 0.25) is 5.91 Å². The van der Waals surface area contributed by atoms with E-state index < -0.39 is 0 Å². The first-order valence-corrected chi connectivity index (χ1v) is 8.78. The molecular formula is C18H19N3O2S. The lowest BCUT2D eigenvalue weighted by Gasteiger charge is -2.19. The predicted octanol–water partition coefficient (Wildman–Crippen LogP) is 3.47. The van der Waals surface area contributed by atoms with Gasteiger partial charge in [0.05, 0.1) is 17.9 Å². The Labute approximate surface area is 144 Å². The Morgan fingerprint density at radius 3 is 2.96 bits per heavy atom. The topological polar surface area (TPSA) is 68.0 Å². The van der Waals surface area contributed by atoms with E-state index in [-0.39, 0.29) is 11.9 Å². The molecule has 5 nitrogen and oxygen atoms in total. The Bertz CT molecular complexity index is 769. The average molecular weight is 341 g/mol. The molecule has 0 bridgehead atoms. The molecule has 1 N–H and O–H groups in total. The fraction of sp³-hybridized carbons (Fsp3) is 0.278. The molecule has 3 heterocycles. The Hall–Kier alpha value is -2.47. The van der Waals surface area contributed by atoms with Crippen LogP contribution in [0.15, 0.2) is 51.9 Å². The van der Waals surface area contributed by atoms with Crippen LogP contribution in [-0.4, -0.2) is 16.0 Å². The Morgan fingerprint density at radius 2 is 2.25 bits per heavy atom. The van der Waals surface area contributed by atoms with Gasteiger partial charge in [-0.2, -0.15) is 11.3 Å². The van der Waals surface area contributed by atoms with Crippen molar-refractivity contribution >= 4 is 17.2 Å². The fourth-order valence-corrected chi connectivity index (χ4v) is 3.28. The molecule has 6 heteroatoms. The summed E-state index contributed by atoms with van der Waals surface area (Å²) in [5, 5.41) is 10.9. The molecule has 0 saturated carbocycles. The minimum Gasteiger partial charge on any atom is -0.361 e. The highest BCUT2D eigenvalue weighted by atomic mass is 32.1. The van der Waals surface area contributed by atoms with E-state index in [4.69, 9.17) is 4.52 Å². The van der Waals surface area contributed by atoms with Crippen LogP contribution in [0.3, 0.4) is 0 Å². The highest BCUT2D eigenvalue weighted by molar-refractivity contribution is 7.07. The van der Waals surface area contributed by atoms with Crippen molar-refractivity contribution in [3.8, 4) is 0 Å². The summed E-state index contributed by atoms with van der Waals surface area (Å²) >= 11 is 1.66. The van der Waals surface area contributed by atoms with Crippen LogP contribution in [0.4, 0.5) is 0 Å². The molecule has 124 valence electrons. The number of carbonyl (C=O) groups excluding carboxylic acids is 1. The van der Waals surface area contributed by atoms with Crippen LogP contribution in [0.5, 0.6) is 0 Å². The van der Waals surface area contributed by atoms with Gasteiger partial charge in [-0.15, -0.1) is 0 Å². The van der Waals surface area contributed by atoms with Gasteiger partial charge in [0.25, 0.3) is 0 Å². The molecule has 3 aromatic rings. The third kappa shape index (κ3) is 4.29. The number of carbonyl (C=O) groups is 1. The van der Waals surface area contributed by atoms with Crippen molar-refractivity contribution in [2.75, 3.05) is 0 Å². The number of amides is 1. The van der Waals surface area contributed by atoms with Gasteiger partial charge in [-0.3, -0.25) is 9.78 Å². The third-order valence-electron chi connectivity index (χ3n) is 3.82. The number of thiophene rings is 1. The van der Waals surface area contributed by atoms with E-state index in [1.165, 1.54) is 5.56 Å². The second-order valence-corrected chi connectivity index (χ2v) is 6.42. The van der Waals surface area contributed by atoms with E-state index in [9.17, 15) is 4.79 Å². The molecule has 3 aromatic heterocycles. The molecule has 0 radical (unpaired) electrons.